The molecule has 2 heterocycles. The average molecular weight is 303 g/mol. The van der Waals surface area contributed by atoms with Crippen LogP contribution in [-0.4, -0.2) is 61.1 Å². The zero-order chi connectivity index (χ0) is 15.4. The van der Waals surface area contributed by atoms with E-state index < -0.39 is 0 Å². The van der Waals surface area contributed by atoms with Crippen LogP contribution in [0.5, 0.6) is 0 Å². The van der Waals surface area contributed by atoms with Gasteiger partial charge in [0.25, 0.3) is 5.91 Å². The lowest BCUT2D eigenvalue weighted by Crippen LogP contribution is -2.51. The Hall–Kier alpha value is -1.59. The van der Waals surface area contributed by atoms with Crippen LogP contribution in [0, 0.1) is 0 Å². The molecule has 1 unspecified atom stereocenters. The second-order valence-corrected chi connectivity index (χ2v) is 6.19. The van der Waals surface area contributed by atoms with Crippen molar-refractivity contribution in [3.8, 4) is 0 Å². The van der Waals surface area contributed by atoms with E-state index in [0.717, 1.165) is 52.2 Å². The monoisotopic (exact) mass is 303 g/mol. The number of likely N-dealkylation sites (tertiary alicyclic amines) is 1. The number of nitrogen functional groups attached to an aromatic ring is 1. The lowest BCUT2D eigenvalue weighted by atomic mass is 10.00. The molecule has 1 aromatic carbocycles. The fourth-order valence-corrected chi connectivity index (χ4v) is 3.38. The number of rotatable bonds is 3. The number of morpholine rings is 1. The molecule has 1 aromatic rings. The molecule has 3 rings (SSSR count). The molecule has 2 aliphatic rings. The molecule has 0 bridgehead atoms. The van der Waals surface area contributed by atoms with Crippen LogP contribution in [0.2, 0.25) is 0 Å². The normalized spacial score (nSPS) is 23.5. The van der Waals surface area contributed by atoms with Crippen LogP contribution < -0.4 is 5.73 Å². The molecule has 5 heteroatoms. The zero-order valence-electron chi connectivity index (χ0n) is 13.0. The van der Waals surface area contributed by atoms with Crippen molar-refractivity contribution in [1.82, 2.24) is 9.80 Å². The van der Waals surface area contributed by atoms with E-state index in [0.29, 0.717) is 17.3 Å². The second-order valence-electron chi connectivity index (χ2n) is 6.19. The van der Waals surface area contributed by atoms with Gasteiger partial charge in [-0.05, 0) is 37.5 Å². The van der Waals surface area contributed by atoms with Gasteiger partial charge in [0.15, 0.2) is 0 Å². The van der Waals surface area contributed by atoms with E-state index in [9.17, 15) is 4.79 Å². The van der Waals surface area contributed by atoms with Crippen molar-refractivity contribution in [2.75, 3.05) is 45.1 Å². The number of hydrogen-bond acceptors (Lipinski definition) is 4. The summed E-state index contributed by atoms with van der Waals surface area (Å²) < 4.78 is 5.41. The first-order valence-corrected chi connectivity index (χ1v) is 8.20. The highest BCUT2D eigenvalue weighted by Crippen LogP contribution is 2.21. The highest BCUT2D eigenvalue weighted by molar-refractivity contribution is 5.95. The maximum atomic E-state index is 12.8. The van der Waals surface area contributed by atoms with Gasteiger partial charge in [0.2, 0.25) is 0 Å². The topological polar surface area (TPSA) is 58.8 Å². The zero-order valence-corrected chi connectivity index (χ0v) is 13.0. The number of benzene rings is 1. The first-order chi connectivity index (χ1) is 10.7. The Morgan fingerprint density at radius 2 is 2.05 bits per heavy atom. The van der Waals surface area contributed by atoms with Crippen molar-refractivity contribution >= 4 is 11.6 Å². The number of nitrogens with two attached hydrogens (primary N) is 1. The number of hydrogen-bond donors (Lipinski definition) is 1. The number of nitrogens with zero attached hydrogens (tertiary/aromatic N) is 2. The Labute approximate surface area is 132 Å². The summed E-state index contributed by atoms with van der Waals surface area (Å²) >= 11 is 0. The molecule has 0 aromatic heterocycles. The van der Waals surface area contributed by atoms with Crippen LogP contribution in [0.4, 0.5) is 5.69 Å². The lowest BCUT2D eigenvalue weighted by Gasteiger charge is -2.39. The number of ether oxygens (including phenoxy) is 1. The van der Waals surface area contributed by atoms with Crippen LogP contribution in [-0.2, 0) is 4.74 Å². The SMILES string of the molecule is Nc1cccc(C(=O)N2CCCCC2CN2CCOCC2)c1. The molecule has 1 amide bonds. The molecule has 2 fully saturated rings. The van der Waals surface area contributed by atoms with E-state index in [1.54, 1.807) is 6.07 Å². The molecule has 1 atom stereocenters. The van der Waals surface area contributed by atoms with E-state index in [4.69, 9.17) is 10.5 Å². The fourth-order valence-electron chi connectivity index (χ4n) is 3.38. The molecular weight excluding hydrogens is 278 g/mol. The summed E-state index contributed by atoms with van der Waals surface area (Å²) in [4.78, 5) is 17.3. The number of carbonyl (C=O) groups is 1. The Kier molecular flexibility index (Phi) is 4.95. The molecule has 0 radical (unpaired) electrons. The Morgan fingerprint density at radius 1 is 1.23 bits per heavy atom. The molecule has 0 saturated carbocycles. The van der Waals surface area contributed by atoms with E-state index >= 15 is 0 Å². The number of amides is 1. The van der Waals surface area contributed by atoms with Crippen molar-refractivity contribution in [2.24, 2.45) is 0 Å². The number of carbonyl (C=O) groups excluding carboxylic acids is 1. The largest absolute Gasteiger partial charge is 0.399 e. The summed E-state index contributed by atoms with van der Waals surface area (Å²) in [6, 6.07) is 7.62. The third-order valence-electron chi connectivity index (χ3n) is 4.59. The van der Waals surface area contributed by atoms with Gasteiger partial charge < -0.3 is 15.4 Å². The van der Waals surface area contributed by atoms with Crippen LogP contribution in [0.15, 0.2) is 24.3 Å². The Morgan fingerprint density at radius 3 is 2.82 bits per heavy atom. The highest BCUT2D eigenvalue weighted by Gasteiger charge is 2.29. The van der Waals surface area contributed by atoms with Gasteiger partial charge in [-0.3, -0.25) is 9.69 Å². The van der Waals surface area contributed by atoms with Crippen molar-refractivity contribution in [2.45, 2.75) is 25.3 Å². The first-order valence-electron chi connectivity index (χ1n) is 8.20. The Bertz CT molecular complexity index is 514. The predicted octanol–water partition coefficient (Wildman–Crippen LogP) is 1.60. The smallest absolute Gasteiger partial charge is 0.254 e. The minimum absolute atomic E-state index is 0.116. The second kappa shape index (κ2) is 7.11. The third-order valence-corrected chi connectivity index (χ3v) is 4.59. The Balaban J connectivity index is 1.70. The number of piperidine rings is 1. The fraction of sp³-hybridized carbons (Fsp3) is 0.588. The first kappa shape index (κ1) is 15.3. The van der Waals surface area contributed by atoms with E-state index in [-0.39, 0.29) is 5.91 Å². The summed E-state index contributed by atoms with van der Waals surface area (Å²) in [5.41, 5.74) is 7.17. The highest BCUT2D eigenvalue weighted by atomic mass is 16.5. The van der Waals surface area contributed by atoms with E-state index in [1.807, 2.05) is 23.1 Å². The van der Waals surface area contributed by atoms with Gasteiger partial charge in [-0.15, -0.1) is 0 Å². The maximum absolute atomic E-state index is 12.8. The molecule has 22 heavy (non-hydrogen) atoms. The minimum atomic E-state index is 0.116. The molecule has 0 aliphatic carbocycles. The van der Waals surface area contributed by atoms with Crippen molar-refractivity contribution in [1.29, 1.82) is 0 Å². The molecule has 0 spiro atoms. The molecule has 2 saturated heterocycles. The molecule has 2 N–H and O–H groups in total. The van der Waals surface area contributed by atoms with Gasteiger partial charge in [0.1, 0.15) is 0 Å². The standard InChI is InChI=1S/C17H25N3O2/c18-15-5-3-4-14(12-15)17(21)20-7-2-1-6-16(20)13-19-8-10-22-11-9-19/h3-5,12,16H,1-2,6-11,13,18H2. The van der Waals surface area contributed by atoms with E-state index in [2.05, 4.69) is 4.90 Å². The molecular formula is C17H25N3O2. The van der Waals surface area contributed by atoms with E-state index in [1.165, 1.54) is 6.42 Å². The summed E-state index contributed by atoms with van der Waals surface area (Å²) in [7, 11) is 0. The van der Waals surface area contributed by atoms with Gasteiger partial charge in [-0.1, -0.05) is 6.07 Å². The third kappa shape index (κ3) is 3.59. The van der Waals surface area contributed by atoms with Gasteiger partial charge in [-0.25, -0.2) is 0 Å². The van der Waals surface area contributed by atoms with Crippen molar-refractivity contribution < 1.29 is 9.53 Å². The average Bonchev–Trinajstić information content (AvgIpc) is 2.56. The van der Waals surface area contributed by atoms with Gasteiger partial charge in [0, 0.05) is 43.5 Å². The van der Waals surface area contributed by atoms with Crippen LogP contribution >= 0.6 is 0 Å². The number of anilines is 1. The molecule has 120 valence electrons. The molecule has 5 nitrogen and oxygen atoms in total. The predicted molar refractivity (Wildman–Crippen MR) is 86.8 cm³/mol. The quantitative estimate of drug-likeness (QED) is 0.862. The van der Waals surface area contributed by atoms with Crippen molar-refractivity contribution in [3.05, 3.63) is 29.8 Å². The summed E-state index contributed by atoms with van der Waals surface area (Å²) in [6.45, 7) is 5.35. The summed E-state index contributed by atoms with van der Waals surface area (Å²) in [6.07, 6.45) is 3.38. The van der Waals surface area contributed by atoms with Crippen LogP contribution in [0.25, 0.3) is 0 Å². The van der Waals surface area contributed by atoms with Gasteiger partial charge in [0.05, 0.1) is 13.2 Å². The van der Waals surface area contributed by atoms with Crippen molar-refractivity contribution in [3.63, 3.8) is 0 Å². The summed E-state index contributed by atoms with van der Waals surface area (Å²) in [5, 5.41) is 0. The van der Waals surface area contributed by atoms with Gasteiger partial charge in [-0.2, -0.15) is 0 Å². The van der Waals surface area contributed by atoms with Crippen LogP contribution in [0.3, 0.4) is 0 Å². The lowest BCUT2D eigenvalue weighted by molar-refractivity contribution is 0.0166. The molecule has 2 aliphatic heterocycles. The van der Waals surface area contributed by atoms with Gasteiger partial charge >= 0.3 is 0 Å². The maximum Gasteiger partial charge on any atom is 0.254 e. The van der Waals surface area contributed by atoms with Crippen LogP contribution in [0.1, 0.15) is 29.6 Å². The minimum Gasteiger partial charge on any atom is -0.399 e. The summed E-state index contributed by atoms with van der Waals surface area (Å²) in [5.74, 6) is 0.116.